The maximum Gasteiger partial charge on any atom is 0.414 e. The molecule has 12 nitrogen and oxygen atoms in total. The summed E-state index contributed by atoms with van der Waals surface area (Å²) in [5, 5.41) is 14.8. The predicted molar refractivity (Wildman–Crippen MR) is 138 cm³/mol. The summed E-state index contributed by atoms with van der Waals surface area (Å²) in [6, 6.07) is 7.92. The average Bonchev–Trinajstić information content (AvgIpc) is 2.93. The van der Waals surface area contributed by atoms with Gasteiger partial charge in [0.05, 0.1) is 42.7 Å². The van der Waals surface area contributed by atoms with Crippen LogP contribution in [0.2, 0.25) is 0 Å². The maximum atomic E-state index is 9.10. The van der Waals surface area contributed by atoms with Gasteiger partial charge in [0.2, 0.25) is 5.75 Å². The topological polar surface area (TPSA) is 136 Å². The van der Waals surface area contributed by atoms with Crippen LogP contribution in [0.3, 0.4) is 0 Å². The van der Waals surface area contributed by atoms with E-state index < -0.39 is 11.9 Å². The van der Waals surface area contributed by atoms with Crippen LogP contribution in [0, 0.1) is 0 Å². The summed E-state index contributed by atoms with van der Waals surface area (Å²) in [7, 11) is 9.86. The second kappa shape index (κ2) is 14.7. The van der Waals surface area contributed by atoms with E-state index in [2.05, 4.69) is 9.80 Å². The first-order valence-electron chi connectivity index (χ1n) is 11.7. The van der Waals surface area contributed by atoms with Gasteiger partial charge in [-0.2, -0.15) is 0 Å². The van der Waals surface area contributed by atoms with Gasteiger partial charge in [0, 0.05) is 50.9 Å². The van der Waals surface area contributed by atoms with Crippen molar-refractivity contribution in [3.8, 4) is 34.5 Å². The number of hydrogen-bond donors (Lipinski definition) is 2. The summed E-state index contributed by atoms with van der Waals surface area (Å²) in [6.45, 7) is 5.47. The molecule has 12 heteroatoms. The molecule has 0 spiro atoms. The lowest BCUT2D eigenvalue weighted by Gasteiger charge is -2.35. The highest BCUT2D eigenvalue weighted by atomic mass is 16.5. The Hall–Kier alpha value is -3.90. The maximum absolute atomic E-state index is 9.10. The number of aliphatic carboxylic acids is 2. The zero-order valence-electron chi connectivity index (χ0n) is 22.6. The van der Waals surface area contributed by atoms with Gasteiger partial charge in [-0.1, -0.05) is 0 Å². The predicted octanol–water partition coefficient (Wildman–Crippen LogP) is 2.21. The van der Waals surface area contributed by atoms with Crippen LogP contribution in [0.25, 0.3) is 0 Å². The van der Waals surface area contributed by atoms with Gasteiger partial charge in [-0.3, -0.25) is 9.80 Å². The second-order valence-corrected chi connectivity index (χ2v) is 8.22. The number of methoxy groups -OCH3 is 6. The Labute approximate surface area is 222 Å². The lowest BCUT2D eigenvalue weighted by molar-refractivity contribution is -0.159. The van der Waals surface area contributed by atoms with Crippen molar-refractivity contribution in [3.63, 3.8) is 0 Å². The third-order valence-electron chi connectivity index (χ3n) is 5.96. The fraction of sp³-hybridized carbons (Fsp3) is 0.462. The van der Waals surface area contributed by atoms with Crippen LogP contribution < -0.4 is 28.4 Å². The van der Waals surface area contributed by atoms with E-state index in [9.17, 15) is 0 Å². The molecule has 2 aromatic carbocycles. The molecule has 0 bridgehead atoms. The zero-order valence-corrected chi connectivity index (χ0v) is 22.6. The molecule has 1 aliphatic rings. The minimum atomic E-state index is -1.82. The molecule has 0 radical (unpaired) electrons. The SMILES string of the molecule is COc1cc(OC)c(OC)cc1CN1CCN(Cc2cc(OC)c(OC)c(OC)c2)CC1.O=C(O)C(=O)O. The number of rotatable bonds is 10. The minimum Gasteiger partial charge on any atom is -0.496 e. The Morgan fingerprint density at radius 2 is 1.03 bits per heavy atom. The van der Waals surface area contributed by atoms with E-state index in [1.165, 1.54) is 0 Å². The molecule has 2 N–H and O–H groups in total. The molecule has 0 atom stereocenters. The van der Waals surface area contributed by atoms with Crippen molar-refractivity contribution < 1.29 is 48.2 Å². The first kappa shape index (κ1) is 30.3. The first-order chi connectivity index (χ1) is 18.2. The van der Waals surface area contributed by atoms with E-state index in [1.807, 2.05) is 24.3 Å². The van der Waals surface area contributed by atoms with Crippen LogP contribution in [0.5, 0.6) is 34.5 Å². The van der Waals surface area contributed by atoms with Gasteiger partial charge >= 0.3 is 11.9 Å². The Kier molecular flexibility index (Phi) is 11.8. The van der Waals surface area contributed by atoms with Crippen molar-refractivity contribution in [2.75, 3.05) is 68.8 Å². The van der Waals surface area contributed by atoms with Gasteiger partial charge in [0.1, 0.15) is 5.75 Å². The lowest BCUT2D eigenvalue weighted by atomic mass is 10.1. The van der Waals surface area contributed by atoms with E-state index in [1.54, 1.807) is 42.7 Å². The number of carbonyl (C=O) groups is 2. The average molecular weight is 537 g/mol. The van der Waals surface area contributed by atoms with E-state index in [0.29, 0.717) is 28.7 Å². The first-order valence-corrected chi connectivity index (χ1v) is 11.7. The fourth-order valence-electron chi connectivity index (χ4n) is 4.05. The van der Waals surface area contributed by atoms with Crippen molar-refractivity contribution >= 4 is 11.9 Å². The van der Waals surface area contributed by atoms with Gasteiger partial charge in [0.15, 0.2) is 23.0 Å². The molecule has 1 fully saturated rings. The smallest absolute Gasteiger partial charge is 0.414 e. The molecule has 0 saturated carbocycles. The second-order valence-electron chi connectivity index (χ2n) is 8.22. The molecule has 0 unspecified atom stereocenters. The molecule has 38 heavy (non-hydrogen) atoms. The largest absolute Gasteiger partial charge is 0.496 e. The molecule has 0 aromatic heterocycles. The molecular formula is C26H36N2O10. The van der Waals surface area contributed by atoms with Crippen LogP contribution in [0.4, 0.5) is 0 Å². The standard InChI is InChI=1S/C24H34N2O6.C2H2O4/c1-27-19-14-21(29-3)20(28-2)13-18(19)16-26-9-7-25(8-10-26)15-17-11-22(30-4)24(32-6)23(12-17)31-5;3-1(4)2(5)6/h11-14H,7-10,15-16H2,1-6H3;(H,3,4)(H,5,6). The van der Waals surface area contributed by atoms with Crippen molar-refractivity contribution in [1.82, 2.24) is 9.80 Å². The zero-order chi connectivity index (χ0) is 28.2. The molecular weight excluding hydrogens is 500 g/mol. The summed E-state index contributed by atoms with van der Waals surface area (Å²) in [5.74, 6) is 0.523. The Balaban J connectivity index is 0.000000757. The highest BCUT2D eigenvalue weighted by molar-refractivity contribution is 6.27. The molecule has 2 aromatic rings. The molecule has 1 aliphatic heterocycles. The summed E-state index contributed by atoms with van der Waals surface area (Å²) in [5.41, 5.74) is 2.22. The summed E-state index contributed by atoms with van der Waals surface area (Å²) < 4.78 is 32.8. The van der Waals surface area contributed by atoms with Crippen LogP contribution in [0.15, 0.2) is 24.3 Å². The van der Waals surface area contributed by atoms with Crippen LogP contribution in [0.1, 0.15) is 11.1 Å². The number of piperazine rings is 1. The van der Waals surface area contributed by atoms with E-state index in [-0.39, 0.29) is 0 Å². The van der Waals surface area contributed by atoms with Crippen LogP contribution in [-0.2, 0) is 22.7 Å². The van der Waals surface area contributed by atoms with Gasteiger partial charge in [0.25, 0.3) is 0 Å². The molecule has 0 amide bonds. The van der Waals surface area contributed by atoms with E-state index in [4.69, 9.17) is 48.2 Å². The lowest BCUT2D eigenvalue weighted by Crippen LogP contribution is -2.45. The minimum absolute atomic E-state index is 0.618. The van der Waals surface area contributed by atoms with Gasteiger partial charge in [-0.05, 0) is 23.8 Å². The van der Waals surface area contributed by atoms with Crippen molar-refractivity contribution in [1.29, 1.82) is 0 Å². The molecule has 210 valence electrons. The molecule has 0 aliphatic carbocycles. The Bertz CT molecular complexity index is 1050. The van der Waals surface area contributed by atoms with E-state index >= 15 is 0 Å². The van der Waals surface area contributed by atoms with Crippen molar-refractivity contribution in [2.24, 2.45) is 0 Å². The third-order valence-corrected chi connectivity index (χ3v) is 5.96. The molecule has 1 heterocycles. The van der Waals surface area contributed by atoms with Crippen LogP contribution >= 0.6 is 0 Å². The number of hydrogen-bond acceptors (Lipinski definition) is 10. The quantitative estimate of drug-likeness (QED) is 0.431. The van der Waals surface area contributed by atoms with Crippen molar-refractivity contribution in [3.05, 3.63) is 35.4 Å². The van der Waals surface area contributed by atoms with Crippen LogP contribution in [-0.4, -0.2) is 101 Å². The Morgan fingerprint density at radius 1 is 0.605 bits per heavy atom. The summed E-state index contributed by atoms with van der Waals surface area (Å²) in [4.78, 5) is 23.1. The molecule has 1 saturated heterocycles. The highest BCUT2D eigenvalue weighted by Gasteiger charge is 2.21. The number of ether oxygens (including phenoxy) is 6. The Morgan fingerprint density at radius 3 is 1.42 bits per heavy atom. The number of carboxylic acid groups (broad SMARTS) is 2. The normalized spacial score (nSPS) is 13.5. The van der Waals surface area contributed by atoms with E-state index in [0.717, 1.165) is 56.1 Å². The van der Waals surface area contributed by atoms with Crippen molar-refractivity contribution in [2.45, 2.75) is 13.1 Å². The molecule has 3 rings (SSSR count). The summed E-state index contributed by atoms with van der Waals surface area (Å²) >= 11 is 0. The third kappa shape index (κ3) is 8.05. The highest BCUT2D eigenvalue weighted by Crippen LogP contribution is 2.39. The monoisotopic (exact) mass is 536 g/mol. The summed E-state index contributed by atoms with van der Waals surface area (Å²) in [6.07, 6.45) is 0. The number of benzene rings is 2. The van der Waals surface area contributed by atoms with Gasteiger partial charge in [-0.25, -0.2) is 9.59 Å². The number of carboxylic acids is 2. The van der Waals surface area contributed by atoms with Gasteiger partial charge < -0.3 is 38.6 Å². The fourth-order valence-corrected chi connectivity index (χ4v) is 4.05. The van der Waals surface area contributed by atoms with Gasteiger partial charge in [-0.15, -0.1) is 0 Å². The number of nitrogens with zero attached hydrogens (tertiary/aromatic N) is 2.